The van der Waals surface area contributed by atoms with Crippen LogP contribution in [0.25, 0.3) is 0 Å². The van der Waals surface area contributed by atoms with Crippen LogP contribution in [0.5, 0.6) is 0 Å². The van der Waals surface area contributed by atoms with E-state index in [1.165, 1.54) is 29.3 Å². The van der Waals surface area contributed by atoms with Gasteiger partial charge in [-0.2, -0.15) is 0 Å². The number of rotatable bonds is 5. The molecular formula is C25H25Cl2N5OS. The Morgan fingerprint density at radius 3 is 2.74 bits per heavy atom. The number of carbonyl (C=O) groups excluding carboxylic acids is 1. The van der Waals surface area contributed by atoms with Gasteiger partial charge >= 0.3 is 0 Å². The highest BCUT2D eigenvalue weighted by molar-refractivity contribution is 7.99. The maximum absolute atomic E-state index is 13.1. The van der Waals surface area contributed by atoms with Crippen LogP contribution in [0.15, 0.2) is 47.6 Å². The number of para-hydroxylation sites is 1. The second-order valence-corrected chi connectivity index (χ2v) is 10.7. The number of aryl methyl sites for hydroxylation is 1. The molecule has 0 radical (unpaired) electrons. The van der Waals surface area contributed by atoms with Gasteiger partial charge in [-0.05, 0) is 74.7 Å². The van der Waals surface area contributed by atoms with Gasteiger partial charge in [0.1, 0.15) is 5.03 Å². The zero-order valence-electron chi connectivity index (χ0n) is 19.0. The first kappa shape index (κ1) is 23.4. The summed E-state index contributed by atoms with van der Waals surface area (Å²) in [6.45, 7) is 1.12. The third-order valence-corrected chi connectivity index (χ3v) is 7.77. The van der Waals surface area contributed by atoms with Crippen molar-refractivity contribution >= 4 is 58.2 Å². The molecule has 1 unspecified atom stereocenters. The lowest BCUT2D eigenvalue weighted by Gasteiger charge is -2.29. The van der Waals surface area contributed by atoms with Crippen LogP contribution in [-0.2, 0) is 12.8 Å². The second-order valence-electron chi connectivity index (χ2n) is 8.97. The maximum atomic E-state index is 13.1. The van der Waals surface area contributed by atoms with Crippen LogP contribution in [0.2, 0.25) is 10.0 Å². The summed E-state index contributed by atoms with van der Waals surface area (Å²) in [6.07, 6.45) is 4.98. The van der Waals surface area contributed by atoms with Gasteiger partial charge in [0, 0.05) is 18.4 Å². The molecule has 3 aromatic rings. The fraction of sp³-hybridized carbons (Fsp3) is 0.320. The lowest BCUT2D eigenvalue weighted by Crippen LogP contribution is -2.35. The molecule has 1 N–H and O–H groups in total. The van der Waals surface area contributed by atoms with Gasteiger partial charge in [-0.25, -0.2) is 9.97 Å². The summed E-state index contributed by atoms with van der Waals surface area (Å²) in [5.74, 6) is 1.35. The number of aromatic nitrogens is 2. The zero-order chi connectivity index (χ0) is 23.8. The molecule has 176 valence electrons. The number of nitrogens with one attached hydrogen (secondary N) is 1. The molecule has 1 amide bonds. The number of nitrogens with zero attached hydrogens (tertiary/aromatic N) is 4. The van der Waals surface area contributed by atoms with E-state index < -0.39 is 0 Å². The van der Waals surface area contributed by atoms with Crippen molar-refractivity contribution < 1.29 is 4.79 Å². The minimum absolute atomic E-state index is 0.212. The molecule has 1 aliphatic heterocycles. The zero-order valence-corrected chi connectivity index (χ0v) is 21.3. The molecule has 1 atom stereocenters. The number of thioether (sulfide) groups is 1. The summed E-state index contributed by atoms with van der Waals surface area (Å²) < 4.78 is 0. The Labute approximate surface area is 213 Å². The molecule has 5 rings (SSSR count). The molecule has 0 saturated carbocycles. The molecule has 2 aromatic carbocycles. The molecule has 1 aliphatic carbocycles. The van der Waals surface area contributed by atoms with E-state index in [-0.39, 0.29) is 5.91 Å². The van der Waals surface area contributed by atoms with E-state index in [1.54, 1.807) is 29.3 Å². The highest BCUT2D eigenvalue weighted by Crippen LogP contribution is 2.39. The number of hydrogen-bond donors (Lipinski definition) is 1. The predicted molar refractivity (Wildman–Crippen MR) is 140 cm³/mol. The standard InChI is InChI=1S/C25H25Cl2N5OS/c1-31(2)13-15-6-7-17-11-18(9-8-16(17)10-15)29-25-28-12-19-23(30-25)34-14-32(24(19)33)22-20(26)4-3-5-21(22)27/h3-5,8-9,11-12,15H,6-7,10,13-14H2,1-2H3,(H,28,29,30). The van der Waals surface area contributed by atoms with Crippen LogP contribution in [-0.4, -0.2) is 47.3 Å². The Balaban J connectivity index is 1.32. The first-order chi connectivity index (χ1) is 16.4. The van der Waals surface area contributed by atoms with Crippen molar-refractivity contribution in [3.63, 3.8) is 0 Å². The number of halogens is 2. The van der Waals surface area contributed by atoms with Crippen LogP contribution in [0.4, 0.5) is 17.3 Å². The van der Waals surface area contributed by atoms with Crippen molar-refractivity contribution in [2.75, 3.05) is 36.7 Å². The quantitative estimate of drug-likeness (QED) is 0.428. The van der Waals surface area contributed by atoms with Crippen molar-refractivity contribution in [3.05, 3.63) is 69.3 Å². The highest BCUT2D eigenvalue weighted by atomic mass is 35.5. The van der Waals surface area contributed by atoms with Crippen molar-refractivity contribution in [2.45, 2.75) is 24.3 Å². The van der Waals surface area contributed by atoms with Gasteiger partial charge in [0.2, 0.25) is 5.95 Å². The van der Waals surface area contributed by atoms with Gasteiger partial charge in [0.05, 0.1) is 27.2 Å². The van der Waals surface area contributed by atoms with Crippen molar-refractivity contribution in [3.8, 4) is 0 Å². The number of carbonyl (C=O) groups is 1. The summed E-state index contributed by atoms with van der Waals surface area (Å²) in [4.78, 5) is 26.0. The first-order valence-electron chi connectivity index (χ1n) is 11.2. The molecule has 2 heterocycles. The average Bonchev–Trinajstić information content (AvgIpc) is 2.80. The summed E-state index contributed by atoms with van der Waals surface area (Å²) >= 11 is 14.1. The number of amides is 1. The summed E-state index contributed by atoms with van der Waals surface area (Å²) in [5.41, 5.74) is 4.72. The maximum Gasteiger partial charge on any atom is 0.263 e. The predicted octanol–water partition coefficient (Wildman–Crippen LogP) is 5.90. The lowest BCUT2D eigenvalue weighted by molar-refractivity contribution is 0.0985. The number of benzene rings is 2. The molecule has 2 aliphatic rings. The van der Waals surface area contributed by atoms with E-state index >= 15 is 0 Å². The molecule has 0 saturated heterocycles. The van der Waals surface area contributed by atoms with E-state index in [1.807, 2.05) is 0 Å². The molecular weight excluding hydrogens is 489 g/mol. The minimum Gasteiger partial charge on any atom is -0.324 e. The van der Waals surface area contributed by atoms with Crippen LogP contribution in [0, 0.1) is 5.92 Å². The van der Waals surface area contributed by atoms with Crippen molar-refractivity contribution in [1.82, 2.24) is 14.9 Å². The molecule has 1 aromatic heterocycles. The van der Waals surface area contributed by atoms with Crippen molar-refractivity contribution in [1.29, 1.82) is 0 Å². The Kier molecular flexibility index (Phi) is 6.71. The molecule has 6 nitrogen and oxygen atoms in total. The van der Waals surface area contributed by atoms with E-state index in [0.717, 1.165) is 25.1 Å². The van der Waals surface area contributed by atoms with Gasteiger partial charge in [0.25, 0.3) is 5.91 Å². The van der Waals surface area contributed by atoms with Crippen LogP contribution in [0.1, 0.15) is 27.9 Å². The highest BCUT2D eigenvalue weighted by Gasteiger charge is 2.30. The van der Waals surface area contributed by atoms with Crippen molar-refractivity contribution in [2.24, 2.45) is 5.92 Å². The SMILES string of the molecule is CN(C)CC1CCc2cc(Nc3ncc4c(n3)SCN(c3c(Cl)cccc3Cl)C4=O)ccc2C1. The normalized spacial score (nSPS) is 17.5. The second kappa shape index (κ2) is 9.74. The van der Waals surface area contributed by atoms with E-state index in [4.69, 9.17) is 23.2 Å². The van der Waals surface area contributed by atoms with Gasteiger partial charge in [-0.15, -0.1) is 0 Å². The molecule has 9 heteroatoms. The van der Waals surface area contributed by atoms with Gasteiger partial charge in [-0.3, -0.25) is 9.69 Å². The largest absolute Gasteiger partial charge is 0.324 e. The third-order valence-electron chi connectivity index (χ3n) is 6.18. The van der Waals surface area contributed by atoms with E-state index in [2.05, 4.69) is 52.5 Å². The van der Waals surface area contributed by atoms with Gasteiger partial charge < -0.3 is 10.2 Å². The average molecular weight is 514 g/mol. The van der Waals surface area contributed by atoms with Gasteiger partial charge in [-0.1, -0.05) is 47.1 Å². The van der Waals surface area contributed by atoms with E-state index in [9.17, 15) is 4.79 Å². The van der Waals surface area contributed by atoms with Crippen LogP contribution >= 0.6 is 35.0 Å². The Morgan fingerprint density at radius 1 is 1.18 bits per heavy atom. The third kappa shape index (κ3) is 4.75. The molecule has 0 bridgehead atoms. The Bertz CT molecular complexity index is 1230. The Morgan fingerprint density at radius 2 is 1.97 bits per heavy atom. The van der Waals surface area contributed by atoms with Crippen LogP contribution in [0.3, 0.4) is 0 Å². The summed E-state index contributed by atoms with van der Waals surface area (Å²) in [5, 5.41) is 4.83. The Hall–Kier alpha value is -2.32. The summed E-state index contributed by atoms with van der Waals surface area (Å²) in [7, 11) is 4.27. The number of hydrogen-bond acceptors (Lipinski definition) is 6. The minimum atomic E-state index is -0.212. The van der Waals surface area contributed by atoms with Gasteiger partial charge in [0.15, 0.2) is 0 Å². The summed E-state index contributed by atoms with van der Waals surface area (Å²) in [6, 6.07) is 11.7. The topological polar surface area (TPSA) is 61.4 Å². The van der Waals surface area contributed by atoms with Crippen LogP contribution < -0.4 is 10.2 Å². The molecule has 34 heavy (non-hydrogen) atoms. The van der Waals surface area contributed by atoms with E-state index in [0.29, 0.717) is 44.1 Å². The fourth-order valence-corrected chi connectivity index (χ4v) is 6.18. The monoisotopic (exact) mass is 513 g/mol. The fourth-order valence-electron chi connectivity index (χ4n) is 4.64. The lowest BCUT2D eigenvalue weighted by atomic mass is 9.83. The smallest absolute Gasteiger partial charge is 0.263 e. The first-order valence-corrected chi connectivity index (χ1v) is 12.9. The number of anilines is 3. The molecule has 0 fully saturated rings. The number of fused-ring (bicyclic) bond motifs is 2. The molecule has 0 spiro atoms.